The number of rotatable bonds is 6. The standard InChI is InChI=1S/C17H25BNO5/c1-16(2,22)17(3,4)24-18-12-5-6-13(15(20)21)14(11-12)19-7-9-23-10-8-19/h5-6,11,22H,7-10H2,1-4H3,(H,20,21). The Morgan fingerprint density at radius 1 is 1.25 bits per heavy atom. The van der Waals surface area contributed by atoms with Crippen LogP contribution < -0.4 is 10.4 Å². The summed E-state index contributed by atoms with van der Waals surface area (Å²) in [6.07, 6.45) is 0. The molecule has 24 heavy (non-hydrogen) atoms. The van der Waals surface area contributed by atoms with Crippen molar-refractivity contribution in [1.82, 2.24) is 0 Å². The van der Waals surface area contributed by atoms with E-state index < -0.39 is 17.2 Å². The number of carbonyl (C=O) groups is 1. The van der Waals surface area contributed by atoms with Gasteiger partial charge in [0.25, 0.3) is 0 Å². The number of ether oxygens (including phenoxy) is 1. The van der Waals surface area contributed by atoms with Crippen LogP contribution in [0.1, 0.15) is 38.1 Å². The summed E-state index contributed by atoms with van der Waals surface area (Å²) in [6, 6.07) is 5.09. The van der Waals surface area contributed by atoms with Gasteiger partial charge in [-0.05, 0) is 39.8 Å². The number of carboxylic acid groups (broad SMARTS) is 1. The molecule has 2 N–H and O–H groups in total. The lowest BCUT2D eigenvalue weighted by Gasteiger charge is -2.37. The molecule has 6 nitrogen and oxygen atoms in total. The van der Waals surface area contributed by atoms with Crippen molar-refractivity contribution in [2.24, 2.45) is 0 Å². The van der Waals surface area contributed by atoms with E-state index in [1.54, 1.807) is 53.4 Å². The summed E-state index contributed by atoms with van der Waals surface area (Å²) in [5.74, 6) is -0.958. The van der Waals surface area contributed by atoms with Gasteiger partial charge in [0.1, 0.15) is 0 Å². The normalized spacial score (nSPS) is 16.1. The summed E-state index contributed by atoms with van der Waals surface area (Å²) in [4.78, 5) is 13.5. The van der Waals surface area contributed by atoms with E-state index in [4.69, 9.17) is 9.39 Å². The van der Waals surface area contributed by atoms with Gasteiger partial charge in [0.05, 0.1) is 35.7 Å². The highest BCUT2D eigenvalue weighted by atomic mass is 16.5. The van der Waals surface area contributed by atoms with Gasteiger partial charge in [0.15, 0.2) is 0 Å². The smallest absolute Gasteiger partial charge is 0.337 e. The highest BCUT2D eigenvalue weighted by Crippen LogP contribution is 2.25. The van der Waals surface area contributed by atoms with Crippen molar-refractivity contribution in [3.8, 4) is 0 Å². The maximum absolute atomic E-state index is 11.5. The molecule has 1 aliphatic heterocycles. The summed E-state index contributed by atoms with van der Waals surface area (Å²) >= 11 is 0. The predicted molar refractivity (Wildman–Crippen MR) is 93.3 cm³/mol. The number of benzene rings is 1. The summed E-state index contributed by atoms with van der Waals surface area (Å²) in [5.41, 5.74) is -0.131. The molecule has 0 unspecified atom stereocenters. The average molecular weight is 334 g/mol. The molecule has 0 saturated carbocycles. The number of carboxylic acids is 1. The Balaban J connectivity index is 2.21. The quantitative estimate of drug-likeness (QED) is 0.757. The summed E-state index contributed by atoms with van der Waals surface area (Å²) in [6.45, 7) is 9.45. The predicted octanol–water partition coefficient (Wildman–Crippen LogP) is 1.03. The van der Waals surface area contributed by atoms with E-state index in [9.17, 15) is 15.0 Å². The number of nitrogens with zero attached hydrogens (tertiary/aromatic N) is 1. The number of morpholine rings is 1. The molecule has 1 fully saturated rings. The van der Waals surface area contributed by atoms with Gasteiger partial charge in [-0.15, -0.1) is 0 Å². The molecule has 1 heterocycles. The Morgan fingerprint density at radius 2 is 1.88 bits per heavy atom. The van der Waals surface area contributed by atoms with Crippen LogP contribution in [0.2, 0.25) is 0 Å². The highest BCUT2D eigenvalue weighted by molar-refractivity contribution is 6.47. The monoisotopic (exact) mass is 334 g/mol. The van der Waals surface area contributed by atoms with Gasteiger partial charge >= 0.3 is 13.5 Å². The minimum atomic E-state index is -1.02. The van der Waals surface area contributed by atoms with Gasteiger partial charge in [-0.3, -0.25) is 0 Å². The van der Waals surface area contributed by atoms with Crippen molar-refractivity contribution < 1.29 is 24.4 Å². The molecule has 0 amide bonds. The third-order valence-corrected chi connectivity index (χ3v) is 4.57. The third-order valence-electron chi connectivity index (χ3n) is 4.57. The van der Waals surface area contributed by atoms with Crippen LogP contribution in [0.3, 0.4) is 0 Å². The zero-order valence-corrected chi connectivity index (χ0v) is 14.7. The van der Waals surface area contributed by atoms with Gasteiger partial charge in [0.2, 0.25) is 0 Å². The van der Waals surface area contributed by atoms with Crippen LogP contribution >= 0.6 is 0 Å². The lowest BCUT2D eigenvalue weighted by Crippen LogP contribution is -2.49. The average Bonchev–Trinajstić information content (AvgIpc) is 2.52. The van der Waals surface area contributed by atoms with Crippen LogP contribution in [0.5, 0.6) is 0 Å². The zero-order valence-electron chi connectivity index (χ0n) is 14.7. The maximum atomic E-state index is 11.5. The van der Waals surface area contributed by atoms with E-state index >= 15 is 0 Å². The van der Waals surface area contributed by atoms with Crippen molar-refractivity contribution in [3.05, 3.63) is 23.8 Å². The van der Waals surface area contributed by atoms with Gasteiger partial charge in [-0.1, -0.05) is 11.5 Å². The van der Waals surface area contributed by atoms with E-state index in [1.165, 1.54) is 0 Å². The lowest BCUT2D eigenvalue weighted by molar-refractivity contribution is -0.0893. The fourth-order valence-corrected chi connectivity index (χ4v) is 2.23. The second kappa shape index (κ2) is 7.13. The molecule has 0 bridgehead atoms. The van der Waals surface area contributed by atoms with Crippen LogP contribution in [-0.2, 0) is 9.39 Å². The van der Waals surface area contributed by atoms with E-state index in [2.05, 4.69) is 0 Å². The Morgan fingerprint density at radius 3 is 2.42 bits per heavy atom. The minimum Gasteiger partial charge on any atom is -0.478 e. The molecule has 2 rings (SSSR count). The molecule has 1 aromatic rings. The fraction of sp³-hybridized carbons (Fsp3) is 0.588. The number of hydrogen-bond acceptors (Lipinski definition) is 5. The van der Waals surface area contributed by atoms with Gasteiger partial charge in [-0.25, -0.2) is 4.79 Å². The topological polar surface area (TPSA) is 79.2 Å². The van der Waals surface area contributed by atoms with Crippen molar-refractivity contribution in [1.29, 1.82) is 0 Å². The molecule has 7 heteroatoms. The molecular formula is C17H25BNO5. The van der Waals surface area contributed by atoms with E-state index in [-0.39, 0.29) is 5.56 Å². The number of hydrogen-bond donors (Lipinski definition) is 2. The van der Waals surface area contributed by atoms with Crippen molar-refractivity contribution in [2.45, 2.75) is 38.9 Å². The second-order valence-corrected chi connectivity index (χ2v) is 6.99. The molecule has 1 saturated heterocycles. The first-order valence-corrected chi connectivity index (χ1v) is 8.05. The van der Waals surface area contributed by atoms with E-state index in [1.807, 2.05) is 4.90 Å². The van der Waals surface area contributed by atoms with Crippen LogP contribution in [0.25, 0.3) is 0 Å². The minimum absolute atomic E-state index is 0.260. The zero-order chi connectivity index (χ0) is 18.0. The van der Waals surface area contributed by atoms with Crippen LogP contribution in [0.4, 0.5) is 5.69 Å². The molecule has 0 spiro atoms. The SMILES string of the molecule is CC(C)(O)C(C)(C)O[B]c1ccc(C(=O)O)c(N2CCOCC2)c1. The summed E-state index contributed by atoms with van der Waals surface area (Å²) in [5, 5.41) is 19.6. The molecule has 0 aliphatic carbocycles. The Hall–Kier alpha value is -1.57. The van der Waals surface area contributed by atoms with Crippen LogP contribution in [0.15, 0.2) is 18.2 Å². The molecule has 1 radical (unpaired) electrons. The van der Waals surface area contributed by atoms with E-state index in [0.717, 1.165) is 5.46 Å². The number of aliphatic hydroxyl groups is 1. The van der Waals surface area contributed by atoms with Crippen molar-refractivity contribution in [3.63, 3.8) is 0 Å². The van der Waals surface area contributed by atoms with Gasteiger partial charge < -0.3 is 24.5 Å². The van der Waals surface area contributed by atoms with Crippen molar-refractivity contribution >= 4 is 24.6 Å². The fourth-order valence-electron chi connectivity index (χ4n) is 2.23. The second-order valence-electron chi connectivity index (χ2n) is 6.99. The molecule has 0 atom stereocenters. The first-order valence-electron chi connectivity index (χ1n) is 8.05. The Kier molecular flexibility index (Phi) is 5.57. The van der Waals surface area contributed by atoms with E-state index in [0.29, 0.717) is 32.0 Å². The molecule has 1 aromatic carbocycles. The van der Waals surface area contributed by atoms with Gasteiger partial charge in [-0.2, -0.15) is 0 Å². The number of aromatic carboxylic acids is 1. The number of anilines is 1. The molecular weight excluding hydrogens is 309 g/mol. The van der Waals surface area contributed by atoms with Gasteiger partial charge in [0, 0.05) is 13.1 Å². The highest BCUT2D eigenvalue weighted by Gasteiger charge is 2.35. The first kappa shape index (κ1) is 18.8. The third kappa shape index (κ3) is 4.29. The molecule has 131 valence electrons. The molecule has 1 aliphatic rings. The lowest BCUT2D eigenvalue weighted by atomic mass is 9.82. The maximum Gasteiger partial charge on any atom is 0.337 e. The van der Waals surface area contributed by atoms with Crippen LogP contribution in [0, 0.1) is 0 Å². The Bertz CT molecular complexity index is 591. The first-order chi connectivity index (χ1) is 11.1. The Labute approximate surface area is 143 Å². The van der Waals surface area contributed by atoms with Crippen LogP contribution in [-0.4, -0.2) is 61.2 Å². The summed E-state index contributed by atoms with van der Waals surface area (Å²) < 4.78 is 11.1. The molecule has 0 aromatic heterocycles. The van der Waals surface area contributed by atoms with Crippen molar-refractivity contribution in [2.75, 3.05) is 31.2 Å². The summed E-state index contributed by atoms with van der Waals surface area (Å²) in [7, 11) is 1.56. The largest absolute Gasteiger partial charge is 0.478 e.